The molecule has 4 nitrogen and oxygen atoms in total. The van der Waals surface area contributed by atoms with Gasteiger partial charge in [0.25, 0.3) is 0 Å². The number of carbonyl (C=O) groups excluding carboxylic acids is 1. The second-order valence-electron chi connectivity index (χ2n) is 5.59. The van der Waals surface area contributed by atoms with Crippen LogP contribution >= 0.6 is 0 Å². The summed E-state index contributed by atoms with van der Waals surface area (Å²) in [7, 11) is 0. The molecule has 0 spiro atoms. The fourth-order valence-electron chi connectivity index (χ4n) is 2.32. The third-order valence-corrected chi connectivity index (χ3v) is 3.44. The van der Waals surface area contributed by atoms with Crippen molar-refractivity contribution >= 4 is 24.0 Å². The van der Waals surface area contributed by atoms with Crippen LogP contribution in [-0.2, 0) is 28.0 Å². The largest absolute Gasteiger partial charge is 0.680 e. The van der Waals surface area contributed by atoms with Crippen molar-refractivity contribution in [3.63, 3.8) is 0 Å². The Balaban J connectivity index is 0.00000253. The normalized spacial score (nSPS) is 12.2. The fraction of sp³-hybridized carbons (Fsp3) is 0.263. The first-order chi connectivity index (χ1) is 13.1. The Kier molecular flexibility index (Phi) is 10.6. The molecule has 0 bridgehead atoms. The molecular formula is C19H17CuF5N3O-3. The molecule has 0 amide bonds. The van der Waals surface area contributed by atoms with Gasteiger partial charge in [-0.1, -0.05) is 42.7 Å². The molecule has 29 heavy (non-hydrogen) atoms. The second-order valence-corrected chi connectivity index (χ2v) is 5.59. The van der Waals surface area contributed by atoms with E-state index >= 15 is 0 Å². The van der Waals surface area contributed by atoms with Gasteiger partial charge in [-0.2, -0.15) is 13.2 Å². The summed E-state index contributed by atoms with van der Waals surface area (Å²) in [4.78, 5) is 11.7. The van der Waals surface area contributed by atoms with Crippen molar-refractivity contribution in [3.05, 3.63) is 69.8 Å². The number of nitrogens with zero attached hydrogens (tertiary/aromatic N) is 3. The van der Waals surface area contributed by atoms with E-state index < -0.39 is 35.2 Å². The zero-order valence-corrected chi connectivity index (χ0v) is 16.5. The summed E-state index contributed by atoms with van der Waals surface area (Å²) in [5.41, 5.74) is -1.33. The molecule has 0 aliphatic rings. The average Bonchev–Trinajstić information content (AvgIpc) is 2.61. The predicted molar refractivity (Wildman–Crippen MR) is 97.9 cm³/mol. The minimum atomic E-state index is -4.74. The zero-order valence-electron chi connectivity index (χ0n) is 15.6. The minimum Gasteiger partial charge on any atom is -0.680 e. The molecule has 0 aliphatic heterocycles. The molecule has 2 aromatic rings. The van der Waals surface area contributed by atoms with Crippen molar-refractivity contribution in [3.8, 4) is 0 Å². The second kappa shape index (κ2) is 11.5. The van der Waals surface area contributed by atoms with Crippen LogP contribution in [0.25, 0.3) is 10.6 Å². The van der Waals surface area contributed by atoms with E-state index in [0.717, 1.165) is 18.2 Å². The van der Waals surface area contributed by atoms with E-state index in [0.29, 0.717) is 5.56 Å². The van der Waals surface area contributed by atoms with Crippen LogP contribution in [0.3, 0.4) is 0 Å². The number of aliphatic imine (C=N–C) groups is 1. The van der Waals surface area contributed by atoms with Gasteiger partial charge in [0.15, 0.2) is 0 Å². The van der Waals surface area contributed by atoms with Crippen LogP contribution in [0.1, 0.15) is 25.0 Å². The number of hydrogen-bond donors (Lipinski definition) is 0. The van der Waals surface area contributed by atoms with Gasteiger partial charge in [0, 0.05) is 22.6 Å². The number of para-hydroxylation sites is 2. The van der Waals surface area contributed by atoms with Gasteiger partial charge in [0.1, 0.15) is 11.6 Å². The third kappa shape index (κ3) is 7.47. The van der Waals surface area contributed by atoms with Crippen molar-refractivity contribution in [1.82, 2.24) is 0 Å². The maximum Gasteiger partial charge on any atom is 0.415 e. The Bertz CT molecular complexity index is 823. The quantitative estimate of drug-likeness (QED) is 0.128. The summed E-state index contributed by atoms with van der Waals surface area (Å²) in [6.45, 7) is 7.77. The van der Waals surface area contributed by atoms with E-state index in [9.17, 15) is 22.0 Å². The number of rotatable bonds is 4. The summed E-state index contributed by atoms with van der Waals surface area (Å²) in [5, 5.41) is 7.75. The number of hydrogen-bond acceptors (Lipinski definition) is 2. The molecule has 0 aromatic heterocycles. The Hall–Kier alpha value is -2.45. The molecule has 0 heterocycles. The Morgan fingerprint density at radius 1 is 1.03 bits per heavy atom. The molecule has 10 heteroatoms. The molecule has 0 aliphatic carbocycles. The molecule has 2 rings (SSSR count). The van der Waals surface area contributed by atoms with Gasteiger partial charge in [-0.25, -0.2) is 8.78 Å². The average molecular weight is 462 g/mol. The van der Waals surface area contributed by atoms with Crippen LogP contribution in [0.15, 0.2) is 41.4 Å². The number of amidine groups is 1. The Morgan fingerprint density at radius 2 is 1.55 bits per heavy atom. The van der Waals surface area contributed by atoms with Gasteiger partial charge in [-0.05, 0) is 37.2 Å². The molecule has 2 aromatic carbocycles. The molecule has 0 fully saturated rings. The van der Waals surface area contributed by atoms with Crippen LogP contribution in [0.2, 0.25) is 0 Å². The molecule has 1 radical (unpaired) electrons. The topological polar surface area (TPSA) is 57.6 Å². The van der Waals surface area contributed by atoms with Crippen molar-refractivity contribution < 1.29 is 43.8 Å². The van der Waals surface area contributed by atoms with E-state index in [1.807, 2.05) is 0 Å². The maximum absolute atomic E-state index is 13.8. The monoisotopic (exact) mass is 461 g/mol. The third-order valence-electron chi connectivity index (χ3n) is 3.44. The molecule has 1 atom stereocenters. The minimum absolute atomic E-state index is 0. The number of benzene rings is 2. The maximum atomic E-state index is 13.8. The summed E-state index contributed by atoms with van der Waals surface area (Å²) in [5.74, 6) is -1.53. The Labute approximate surface area is 176 Å². The summed E-state index contributed by atoms with van der Waals surface area (Å²) < 4.78 is 66.6. The fourth-order valence-corrected chi connectivity index (χ4v) is 2.32. The number of aryl methyl sites for hydroxylation is 1. The van der Waals surface area contributed by atoms with E-state index in [1.165, 1.54) is 26.0 Å². The van der Waals surface area contributed by atoms with Gasteiger partial charge < -0.3 is 20.4 Å². The summed E-state index contributed by atoms with van der Waals surface area (Å²) in [6.07, 6.45) is -5.78. The van der Waals surface area contributed by atoms with Gasteiger partial charge in [0.05, 0.1) is 0 Å². The van der Waals surface area contributed by atoms with Crippen molar-refractivity contribution in [2.45, 2.75) is 33.1 Å². The smallest absolute Gasteiger partial charge is 0.415 e. The molecule has 0 saturated carbocycles. The molecular weight excluding hydrogens is 445 g/mol. The first kappa shape index (κ1) is 26.5. The van der Waals surface area contributed by atoms with Crippen molar-refractivity contribution in [1.29, 1.82) is 0 Å². The van der Waals surface area contributed by atoms with Crippen LogP contribution < -0.4 is 0 Å². The van der Waals surface area contributed by atoms with Gasteiger partial charge in [0.2, 0.25) is 0 Å². The predicted octanol–water partition coefficient (Wildman–Crippen LogP) is 6.49. The molecule has 0 saturated heterocycles. The van der Waals surface area contributed by atoms with Crippen molar-refractivity contribution in [2.24, 2.45) is 4.99 Å². The molecule has 163 valence electrons. The van der Waals surface area contributed by atoms with Crippen LogP contribution in [0, 0.1) is 18.6 Å². The van der Waals surface area contributed by atoms with Crippen molar-refractivity contribution in [2.75, 3.05) is 0 Å². The first-order valence-electron chi connectivity index (χ1n) is 7.91. The first-order valence-corrected chi connectivity index (χ1v) is 7.91. The van der Waals surface area contributed by atoms with Gasteiger partial charge in [-0.3, -0.25) is 6.79 Å². The van der Waals surface area contributed by atoms with E-state index in [-0.39, 0.29) is 28.6 Å². The Morgan fingerprint density at radius 3 is 2.07 bits per heavy atom. The summed E-state index contributed by atoms with van der Waals surface area (Å²) in [6, 6.07) is 7.04. The van der Waals surface area contributed by atoms with Gasteiger partial charge >= 0.3 is 6.18 Å². The van der Waals surface area contributed by atoms with E-state index in [2.05, 4.69) is 22.4 Å². The van der Waals surface area contributed by atoms with Gasteiger partial charge in [-0.15, -0.1) is 6.17 Å². The molecule has 1 unspecified atom stereocenters. The van der Waals surface area contributed by atoms with Crippen LogP contribution in [0.4, 0.5) is 33.3 Å². The zero-order chi connectivity index (χ0) is 21.5. The summed E-state index contributed by atoms with van der Waals surface area (Å²) >= 11 is 0. The number of halogens is 5. The number of alkyl halides is 3. The SMILES string of the molecule is CC(=NC(C)[N-]c1c(F)cccc1C(F)(F)F)[N-]c1c(C)cccc1F.[CH-]=O.[Cu]. The van der Waals surface area contributed by atoms with E-state index in [4.69, 9.17) is 4.79 Å². The standard InChI is InChI=1S/C18H16F5N3.CHO.Cu/c1-10-6-4-8-14(19)16(10)25-11(2)24-12(3)26-17-13(18(21,22)23)7-5-9-15(17)20;1-2;/h4-9,12H,1-3H3;1H;/q-2;-1;. The van der Waals surface area contributed by atoms with Crippen LogP contribution in [-0.4, -0.2) is 18.8 Å². The van der Waals surface area contributed by atoms with E-state index in [1.54, 1.807) is 13.0 Å². The molecule has 0 N–H and O–H groups in total. The van der Waals surface area contributed by atoms with Crippen LogP contribution in [0.5, 0.6) is 0 Å².